The highest BCUT2D eigenvalue weighted by molar-refractivity contribution is 5.57. The molecular formula is C16H26N2. The highest BCUT2D eigenvalue weighted by Gasteiger charge is 2.27. The first-order valence-electron chi connectivity index (χ1n) is 7.20. The van der Waals surface area contributed by atoms with E-state index in [-0.39, 0.29) is 0 Å². The van der Waals surface area contributed by atoms with Crippen molar-refractivity contribution in [1.29, 1.82) is 0 Å². The molecule has 1 aliphatic carbocycles. The summed E-state index contributed by atoms with van der Waals surface area (Å²) in [6, 6.07) is 6.88. The molecule has 0 heterocycles. The molecule has 3 N–H and O–H groups in total. The molecule has 2 rings (SSSR count). The van der Waals surface area contributed by atoms with E-state index in [1.807, 2.05) is 6.07 Å². The number of hydrogen-bond donors (Lipinski definition) is 2. The Morgan fingerprint density at radius 1 is 1.17 bits per heavy atom. The number of nitrogen functional groups attached to an aromatic ring is 1. The minimum Gasteiger partial charge on any atom is -0.399 e. The van der Waals surface area contributed by atoms with Crippen molar-refractivity contribution < 1.29 is 0 Å². The Morgan fingerprint density at radius 2 is 1.89 bits per heavy atom. The van der Waals surface area contributed by atoms with Crippen molar-refractivity contribution in [3.8, 4) is 0 Å². The lowest BCUT2D eigenvalue weighted by molar-refractivity contribution is 0.254. The van der Waals surface area contributed by atoms with Crippen molar-refractivity contribution >= 4 is 11.4 Å². The molecule has 100 valence electrons. The predicted molar refractivity (Wildman–Crippen MR) is 79.8 cm³/mol. The first kappa shape index (κ1) is 13.3. The molecule has 18 heavy (non-hydrogen) atoms. The average molecular weight is 246 g/mol. The lowest BCUT2D eigenvalue weighted by Crippen LogP contribution is -2.35. The van der Waals surface area contributed by atoms with E-state index in [1.54, 1.807) is 0 Å². The average Bonchev–Trinajstić information content (AvgIpc) is 2.27. The normalized spacial score (nSPS) is 24.2. The van der Waals surface area contributed by atoms with Crippen molar-refractivity contribution in [2.45, 2.75) is 52.5 Å². The maximum Gasteiger partial charge on any atom is 0.0365 e. The summed E-state index contributed by atoms with van der Waals surface area (Å²) in [6.45, 7) is 6.78. The largest absolute Gasteiger partial charge is 0.399 e. The van der Waals surface area contributed by atoms with Crippen LogP contribution in [0.25, 0.3) is 0 Å². The van der Waals surface area contributed by atoms with Crippen LogP contribution in [-0.2, 0) is 0 Å². The van der Waals surface area contributed by atoms with Gasteiger partial charge in [-0.05, 0) is 55.4 Å². The molecule has 0 aliphatic heterocycles. The zero-order valence-electron chi connectivity index (χ0n) is 11.9. The van der Waals surface area contributed by atoms with Gasteiger partial charge in [0.1, 0.15) is 0 Å². The van der Waals surface area contributed by atoms with E-state index in [9.17, 15) is 0 Å². The van der Waals surface area contributed by atoms with Gasteiger partial charge in [-0.3, -0.25) is 0 Å². The van der Waals surface area contributed by atoms with E-state index in [0.717, 1.165) is 17.5 Å². The summed E-state index contributed by atoms with van der Waals surface area (Å²) >= 11 is 0. The van der Waals surface area contributed by atoms with Crippen LogP contribution >= 0.6 is 0 Å². The van der Waals surface area contributed by atoms with E-state index in [1.165, 1.54) is 36.9 Å². The second-order valence-corrected chi connectivity index (χ2v) is 6.08. The van der Waals surface area contributed by atoms with Crippen LogP contribution in [0.2, 0.25) is 0 Å². The van der Waals surface area contributed by atoms with Gasteiger partial charge < -0.3 is 11.1 Å². The van der Waals surface area contributed by atoms with Crippen LogP contribution in [0.15, 0.2) is 18.2 Å². The van der Waals surface area contributed by atoms with Gasteiger partial charge in [-0.25, -0.2) is 0 Å². The van der Waals surface area contributed by atoms with Crippen molar-refractivity contribution in [2.75, 3.05) is 11.1 Å². The van der Waals surface area contributed by atoms with Crippen LogP contribution in [0.4, 0.5) is 11.4 Å². The number of nitrogens with one attached hydrogen (secondary N) is 1. The highest BCUT2D eigenvalue weighted by atomic mass is 14.9. The maximum absolute atomic E-state index is 5.92. The third-order valence-corrected chi connectivity index (χ3v) is 4.13. The molecular weight excluding hydrogens is 220 g/mol. The molecule has 1 aliphatic rings. The summed E-state index contributed by atoms with van der Waals surface area (Å²) in [5.41, 5.74) is 9.19. The SMILES string of the molecule is Cc1cc(N)cc(NC2CCCCC2C(C)C)c1. The van der Waals surface area contributed by atoms with Crippen LogP contribution in [0.5, 0.6) is 0 Å². The van der Waals surface area contributed by atoms with E-state index < -0.39 is 0 Å². The third-order valence-electron chi connectivity index (χ3n) is 4.13. The Balaban J connectivity index is 2.10. The number of rotatable bonds is 3. The quantitative estimate of drug-likeness (QED) is 0.784. The monoisotopic (exact) mass is 246 g/mol. The number of nitrogens with two attached hydrogens (primary N) is 1. The molecule has 2 unspecified atom stereocenters. The summed E-state index contributed by atoms with van der Waals surface area (Å²) in [5, 5.41) is 3.71. The van der Waals surface area contributed by atoms with Gasteiger partial charge in [0.05, 0.1) is 0 Å². The topological polar surface area (TPSA) is 38.0 Å². The number of aryl methyl sites for hydroxylation is 1. The van der Waals surface area contributed by atoms with Gasteiger partial charge in [0, 0.05) is 17.4 Å². The molecule has 1 saturated carbocycles. The third kappa shape index (κ3) is 3.18. The minimum atomic E-state index is 0.611. The van der Waals surface area contributed by atoms with Crippen LogP contribution in [0.1, 0.15) is 45.1 Å². The Labute approximate surface area is 111 Å². The van der Waals surface area contributed by atoms with E-state index in [0.29, 0.717) is 6.04 Å². The van der Waals surface area contributed by atoms with Gasteiger partial charge in [-0.15, -0.1) is 0 Å². The lowest BCUT2D eigenvalue weighted by atomic mass is 9.78. The summed E-state index contributed by atoms with van der Waals surface area (Å²) < 4.78 is 0. The zero-order valence-corrected chi connectivity index (χ0v) is 11.9. The second-order valence-electron chi connectivity index (χ2n) is 6.08. The first-order chi connectivity index (χ1) is 8.56. The van der Waals surface area contributed by atoms with Crippen LogP contribution in [0, 0.1) is 18.8 Å². The summed E-state index contributed by atoms with van der Waals surface area (Å²) in [4.78, 5) is 0. The molecule has 0 aromatic heterocycles. The molecule has 2 nitrogen and oxygen atoms in total. The Bertz CT molecular complexity index is 378. The van der Waals surface area contributed by atoms with Crippen LogP contribution in [-0.4, -0.2) is 6.04 Å². The lowest BCUT2D eigenvalue weighted by Gasteiger charge is -2.35. The van der Waals surface area contributed by atoms with Gasteiger partial charge in [-0.1, -0.05) is 26.7 Å². The van der Waals surface area contributed by atoms with Crippen LogP contribution in [0.3, 0.4) is 0 Å². The minimum absolute atomic E-state index is 0.611. The Morgan fingerprint density at radius 3 is 2.56 bits per heavy atom. The van der Waals surface area contributed by atoms with E-state index >= 15 is 0 Å². The molecule has 0 amide bonds. The van der Waals surface area contributed by atoms with Crippen molar-refractivity contribution in [1.82, 2.24) is 0 Å². The van der Waals surface area contributed by atoms with Gasteiger partial charge in [0.15, 0.2) is 0 Å². The molecule has 1 fully saturated rings. The molecule has 1 aromatic rings. The molecule has 2 heteroatoms. The predicted octanol–water partition coefficient (Wildman–Crippen LogP) is 4.20. The van der Waals surface area contributed by atoms with Crippen LogP contribution < -0.4 is 11.1 Å². The highest BCUT2D eigenvalue weighted by Crippen LogP contribution is 2.32. The molecule has 0 spiro atoms. The number of anilines is 2. The fourth-order valence-corrected chi connectivity index (χ4v) is 3.25. The number of hydrogen-bond acceptors (Lipinski definition) is 2. The summed E-state index contributed by atoms with van der Waals surface area (Å²) in [6.07, 6.45) is 5.38. The first-order valence-corrected chi connectivity index (χ1v) is 7.20. The van der Waals surface area contributed by atoms with Crippen molar-refractivity contribution in [3.05, 3.63) is 23.8 Å². The van der Waals surface area contributed by atoms with Crippen molar-refractivity contribution in [2.24, 2.45) is 11.8 Å². The number of benzene rings is 1. The fraction of sp³-hybridized carbons (Fsp3) is 0.625. The Kier molecular flexibility index (Phi) is 4.15. The van der Waals surface area contributed by atoms with E-state index in [4.69, 9.17) is 5.73 Å². The maximum atomic E-state index is 5.92. The standard InChI is InChI=1S/C16H26N2/c1-11(2)15-6-4-5-7-16(15)18-14-9-12(3)8-13(17)10-14/h8-11,15-16,18H,4-7,17H2,1-3H3. The summed E-state index contributed by atoms with van der Waals surface area (Å²) in [5.74, 6) is 1.55. The van der Waals surface area contributed by atoms with Gasteiger partial charge in [0.25, 0.3) is 0 Å². The molecule has 1 aromatic carbocycles. The zero-order chi connectivity index (χ0) is 13.1. The van der Waals surface area contributed by atoms with Gasteiger partial charge >= 0.3 is 0 Å². The molecule has 0 saturated heterocycles. The van der Waals surface area contributed by atoms with Gasteiger partial charge in [0.2, 0.25) is 0 Å². The Hall–Kier alpha value is -1.18. The summed E-state index contributed by atoms with van der Waals surface area (Å²) in [7, 11) is 0. The van der Waals surface area contributed by atoms with E-state index in [2.05, 4.69) is 38.2 Å². The second kappa shape index (κ2) is 5.64. The fourth-order valence-electron chi connectivity index (χ4n) is 3.25. The molecule has 0 radical (unpaired) electrons. The molecule has 2 atom stereocenters. The van der Waals surface area contributed by atoms with Gasteiger partial charge in [-0.2, -0.15) is 0 Å². The molecule has 0 bridgehead atoms. The smallest absolute Gasteiger partial charge is 0.0365 e. The van der Waals surface area contributed by atoms with Crippen molar-refractivity contribution in [3.63, 3.8) is 0 Å².